The van der Waals surface area contributed by atoms with E-state index in [9.17, 15) is 4.79 Å². The van der Waals surface area contributed by atoms with Crippen LogP contribution in [-0.2, 0) is 9.53 Å². The maximum Gasteiger partial charge on any atom is 0.246 e. The lowest BCUT2D eigenvalue weighted by Gasteiger charge is -2.26. The second kappa shape index (κ2) is 4.45. The molecule has 0 aliphatic heterocycles. The Bertz CT molecular complexity index is 153. The summed E-state index contributed by atoms with van der Waals surface area (Å²) >= 11 is 0. The molecule has 70 valence electrons. The van der Waals surface area contributed by atoms with Crippen molar-refractivity contribution >= 4 is 5.91 Å². The monoisotopic (exact) mass is 171 g/mol. The minimum atomic E-state index is -0.356. The van der Waals surface area contributed by atoms with Crippen molar-refractivity contribution in [2.75, 3.05) is 7.11 Å². The van der Waals surface area contributed by atoms with Crippen molar-refractivity contribution in [2.45, 2.75) is 38.2 Å². The molecule has 1 fully saturated rings. The van der Waals surface area contributed by atoms with E-state index in [1.165, 1.54) is 19.3 Å². The number of rotatable bonds is 3. The molecule has 1 atom stereocenters. The average Bonchev–Trinajstić information content (AvgIpc) is 2.07. The Morgan fingerprint density at radius 3 is 2.42 bits per heavy atom. The Balaban J connectivity index is 2.46. The molecule has 1 amide bonds. The number of nitrogens with two attached hydrogens (primary N) is 1. The molecule has 0 bridgehead atoms. The van der Waals surface area contributed by atoms with E-state index in [1.54, 1.807) is 7.11 Å². The van der Waals surface area contributed by atoms with Crippen LogP contribution >= 0.6 is 0 Å². The first-order chi connectivity index (χ1) is 5.75. The van der Waals surface area contributed by atoms with Crippen LogP contribution in [0.2, 0.25) is 0 Å². The molecule has 1 unspecified atom stereocenters. The molecule has 1 aliphatic rings. The van der Waals surface area contributed by atoms with Gasteiger partial charge in [0.2, 0.25) is 5.91 Å². The van der Waals surface area contributed by atoms with Crippen LogP contribution in [0.1, 0.15) is 32.1 Å². The van der Waals surface area contributed by atoms with E-state index in [-0.39, 0.29) is 12.0 Å². The fourth-order valence-electron chi connectivity index (χ4n) is 1.98. The molecule has 0 saturated heterocycles. The number of amides is 1. The van der Waals surface area contributed by atoms with Crippen molar-refractivity contribution in [1.82, 2.24) is 0 Å². The van der Waals surface area contributed by atoms with Gasteiger partial charge in [-0.25, -0.2) is 0 Å². The summed E-state index contributed by atoms with van der Waals surface area (Å²) in [5, 5.41) is 0. The number of carbonyl (C=O) groups excluding carboxylic acids is 1. The summed E-state index contributed by atoms with van der Waals surface area (Å²) in [6, 6.07) is 0. The summed E-state index contributed by atoms with van der Waals surface area (Å²) < 4.78 is 5.08. The number of hydrogen-bond acceptors (Lipinski definition) is 2. The van der Waals surface area contributed by atoms with Crippen molar-refractivity contribution in [3.8, 4) is 0 Å². The van der Waals surface area contributed by atoms with Gasteiger partial charge in [-0.2, -0.15) is 0 Å². The molecule has 1 rings (SSSR count). The lowest BCUT2D eigenvalue weighted by molar-refractivity contribution is -0.131. The summed E-state index contributed by atoms with van der Waals surface area (Å²) in [5.74, 6) is 0.0469. The zero-order chi connectivity index (χ0) is 8.97. The first-order valence-electron chi connectivity index (χ1n) is 4.58. The normalized spacial score (nSPS) is 22.1. The second-order valence-corrected chi connectivity index (χ2v) is 3.46. The first-order valence-corrected chi connectivity index (χ1v) is 4.58. The topological polar surface area (TPSA) is 52.3 Å². The van der Waals surface area contributed by atoms with E-state index >= 15 is 0 Å². The molecule has 3 heteroatoms. The van der Waals surface area contributed by atoms with Crippen molar-refractivity contribution < 1.29 is 9.53 Å². The Morgan fingerprint density at radius 1 is 1.42 bits per heavy atom. The molecule has 0 heterocycles. The van der Waals surface area contributed by atoms with E-state index in [2.05, 4.69) is 0 Å². The smallest absolute Gasteiger partial charge is 0.246 e. The molecular weight excluding hydrogens is 154 g/mol. The number of primary amides is 1. The number of methoxy groups -OCH3 is 1. The minimum Gasteiger partial charge on any atom is -0.371 e. The quantitative estimate of drug-likeness (QED) is 0.690. The fraction of sp³-hybridized carbons (Fsp3) is 0.889. The molecule has 0 radical (unpaired) electrons. The van der Waals surface area contributed by atoms with Crippen LogP contribution in [0.5, 0.6) is 0 Å². The highest BCUT2D eigenvalue weighted by Crippen LogP contribution is 2.27. The van der Waals surface area contributed by atoms with Crippen LogP contribution in [0.4, 0.5) is 0 Å². The van der Waals surface area contributed by atoms with E-state index in [4.69, 9.17) is 10.5 Å². The maximum atomic E-state index is 10.9. The van der Waals surface area contributed by atoms with Gasteiger partial charge in [0.1, 0.15) is 6.10 Å². The van der Waals surface area contributed by atoms with Crippen molar-refractivity contribution in [3.05, 3.63) is 0 Å². The number of ether oxygens (including phenoxy) is 1. The van der Waals surface area contributed by atoms with Gasteiger partial charge in [-0.1, -0.05) is 19.3 Å². The summed E-state index contributed by atoms with van der Waals surface area (Å²) in [4.78, 5) is 10.9. The zero-order valence-electron chi connectivity index (χ0n) is 7.58. The van der Waals surface area contributed by atoms with Crippen LogP contribution in [0.3, 0.4) is 0 Å². The largest absolute Gasteiger partial charge is 0.371 e. The summed E-state index contributed by atoms with van der Waals surface area (Å²) in [5.41, 5.74) is 5.21. The van der Waals surface area contributed by atoms with Crippen LogP contribution < -0.4 is 5.73 Å². The third-order valence-electron chi connectivity index (χ3n) is 2.61. The van der Waals surface area contributed by atoms with Gasteiger partial charge < -0.3 is 10.5 Å². The van der Waals surface area contributed by atoms with E-state index in [1.807, 2.05) is 0 Å². The van der Waals surface area contributed by atoms with E-state index in [0.717, 1.165) is 12.8 Å². The molecule has 1 aliphatic carbocycles. The van der Waals surface area contributed by atoms with Gasteiger partial charge in [-0.15, -0.1) is 0 Å². The highest BCUT2D eigenvalue weighted by molar-refractivity contribution is 5.79. The van der Waals surface area contributed by atoms with Gasteiger partial charge in [-0.3, -0.25) is 4.79 Å². The molecule has 3 nitrogen and oxygen atoms in total. The van der Waals surface area contributed by atoms with E-state index < -0.39 is 0 Å². The molecule has 2 N–H and O–H groups in total. The van der Waals surface area contributed by atoms with Gasteiger partial charge >= 0.3 is 0 Å². The van der Waals surface area contributed by atoms with Crippen LogP contribution in [0, 0.1) is 5.92 Å². The molecule has 12 heavy (non-hydrogen) atoms. The molecule has 0 aromatic heterocycles. The SMILES string of the molecule is COC(C(N)=O)C1CCCCC1. The third-order valence-corrected chi connectivity index (χ3v) is 2.61. The lowest BCUT2D eigenvalue weighted by atomic mass is 9.85. The Labute approximate surface area is 73.3 Å². The van der Waals surface area contributed by atoms with Gasteiger partial charge in [0.15, 0.2) is 0 Å². The third kappa shape index (κ3) is 2.21. The number of hydrogen-bond donors (Lipinski definition) is 1. The van der Waals surface area contributed by atoms with Crippen molar-refractivity contribution in [3.63, 3.8) is 0 Å². The molecular formula is C9H17NO2. The zero-order valence-corrected chi connectivity index (χ0v) is 7.58. The van der Waals surface area contributed by atoms with Crippen LogP contribution in [0.15, 0.2) is 0 Å². The highest BCUT2D eigenvalue weighted by atomic mass is 16.5. The second-order valence-electron chi connectivity index (χ2n) is 3.46. The average molecular weight is 171 g/mol. The molecule has 0 spiro atoms. The first kappa shape index (κ1) is 9.52. The van der Waals surface area contributed by atoms with Crippen molar-refractivity contribution in [1.29, 1.82) is 0 Å². The lowest BCUT2D eigenvalue weighted by Crippen LogP contribution is -2.37. The maximum absolute atomic E-state index is 10.9. The summed E-state index contributed by atoms with van der Waals surface area (Å²) in [6.45, 7) is 0. The van der Waals surface area contributed by atoms with Gasteiger partial charge in [-0.05, 0) is 18.8 Å². The highest BCUT2D eigenvalue weighted by Gasteiger charge is 2.27. The van der Waals surface area contributed by atoms with Crippen LogP contribution in [0.25, 0.3) is 0 Å². The van der Waals surface area contributed by atoms with E-state index in [0.29, 0.717) is 5.92 Å². The molecule has 0 aromatic rings. The summed E-state index contributed by atoms with van der Waals surface area (Å²) in [7, 11) is 1.56. The van der Waals surface area contributed by atoms with Crippen molar-refractivity contribution in [2.24, 2.45) is 11.7 Å². The Morgan fingerprint density at radius 2 is 2.00 bits per heavy atom. The predicted molar refractivity (Wildman–Crippen MR) is 46.6 cm³/mol. The standard InChI is InChI=1S/C9H17NO2/c1-12-8(9(10)11)7-5-3-2-4-6-7/h7-8H,2-6H2,1H3,(H2,10,11). The molecule has 1 saturated carbocycles. The summed E-state index contributed by atoms with van der Waals surface area (Å²) in [6.07, 6.45) is 5.51. The Hall–Kier alpha value is -0.570. The van der Waals surface area contributed by atoms with Gasteiger partial charge in [0.05, 0.1) is 0 Å². The fourth-order valence-corrected chi connectivity index (χ4v) is 1.98. The number of carbonyl (C=O) groups is 1. The Kier molecular flexibility index (Phi) is 3.53. The minimum absolute atomic E-state index is 0.315. The van der Waals surface area contributed by atoms with Crippen LogP contribution in [-0.4, -0.2) is 19.1 Å². The van der Waals surface area contributed by atoms with Gasteiger partial charge in [0.25, 0.3) is 0 Å². The van der Waals surface area contributed by atoms with Gasteiger partial charge in [0, 0.05) is 7.11 Å². The molecule has 0 aromatic carbocycles. The predicted octanol–water partition coefficient (Wildman–Crippen LogP) is 1.07.